The summed E-state index contributed by atoms with van der Waals surface area (Å²) in [7, 11) is 0. The Morgan fingerprint density at radius 1 is 1.44 bits per heavy atom. The minimum Gasteiger partial charge on any atom is -0.379 e. The maximum atomic E-state index is 10.6. The number of halogens is 2. The first-order valence-electron chi connectivity index (χ1n) is 4.84. The van der Waals surface area contributed by atoms with Gasteiger partial charge in [-0.3, -0.25) is 10.1 Å². The van der Waals surface area contributed by atoms with Crippen molar-refractivity contribution in [1.82, 2.24) is 4.98 Å². The van der Waals surface area contributed by atoms with Crippen molar-refractivity contribution < 1.29 is 4.92 Å². The van der Waals surface area contributed by atoms with Crippen molar-refractivity contribution in [2.45, 2.75) is 6.54 Å². The molecule has 0 saturated heterocycles. The number of hydrogen-bond donors (Lipinski definition) is 1. The van der Waals surface area contributed by atoms with E-state index >= 15 is 0 Å². The number of anilines is 1. The summed E-state index contributed by atoms with van der Waals surface area (Å²) in [6, 6.07) is 4.28. The SMILES string of the molecule is O=[N+]([O-])c1ccc(NCc2cnc(Cl)s2)c(Cl)c1. The lowest BCUT2D eigenvalue weighted by Gasteiger charge is -2.06. The standard InChI is InChI=1S/C10H7Cl2N3O2S/c11-8-3-6(15(16)17)1-2-9(8)13-4-7-5-14-10(12)18-7/h1-3,5,13H,4H2. The first kappa shape index (κ1) is 13.1. The van der Waals surface area contributed by atoms with E-state index < -0.39 is 4.92 Å². The van der Waals surface area contributed by atoms with Gasteiger partial charge in [-0.2, -0.15) is 0 Å². The van der Waals surface area contributed by atoms with Crippen molar-refractivity contribution in [1.29, 1.82) is 0 Å². The topological polar surface area (TPSA) is 68.1 Å². The maximum absolute atomic E-state index is 10.6. The second kappa shape index (κ2) is 5.51. The van der Waals surface area contributed by atoms with Crippen LogP contribution >= 0.6 is 34.5 Å². The Morgan fingerprint density at radius 3 is 2.78 bits per heavy atom. The van der Waals surface area contributed by atoms with Gasteiger partial charge in [0.05, 0.1) is 22.2 Å². The Hall–Kier alpha value is -1.37. The Balaban J connectivity index is 2.08. The number of hydrogen-bond acceptors (Lipinski definition) is 5. The molecule has 1 aromatic heterocycles. The van der Waals surface area contributed by atoms with Gasteiger partial charge in [0, 0.05) is 23.2 Å². The predicted molar refractivity (Wildman–Crippen MR) is 72.6 cm³/mol. The molecule has 18 heavy (non-hydrogen) atoms. The van der Waals surface area contributed by atoms with Crippen molar-refractivity contribution in [3.63, 3.8) is 0 Å². The molecular weight excluding hydrogens is 297 g/mol. The number of rotatable bonds is 4. The molecule has 1 N–H and O–H groups in total. The van der Waals surface area contributed by atoms with Crippen LogP contribution in [-0.4, -0.2) is 9.91 Å². The van der Waals surface area contributed by atoms with Gasteiger partial charge in [-0.05, 0) is 6.07 Å². The van der Waals surface area contributed by atoms with Crippen LogP contribution in [0.3, 0.4) is 0 Å². The third-order valence-corrected chi connectivity index (χ3v) is 3.57. The number of aromatic nitrogens is 1. The van der Waals surface area contributed by atoms with E-state index in [1.165, 1.54) is 23.5 Å². The van der Waals surface area contributed by atoms with Crippen LogP contribution in [0.5, 0.6) is 0 Å². The molecule has 0 aliphatic carbocycles. The molecule has 0 aliphatic rings. The quantitative estimate of drug-likeness (QED) is 0.685. The molecule has 0 saturated carbocycles. The van der Waals surface area contributed by atoms with Crippen molar-refractivity contribution in [2.75, 3.05) is 5.32 Å². The summed E-state index contributed by atoms with van der Waals surface area (Å²) in [4.78, 5) is 14.9. The molecule has 0 amide bonds. The van der Waals surface area contributed by atoms with E-state index in [9.17, 15) is 10.1 Å². The lowest BCUT2D eigenvalue weighted by molar-refractivity contribution is -0.384. The zero-order chi connectivity index (χ0) is 13.1. The van der Waals surface area contributed by atoms with Gasteiger partial charge >= 0.3 is 0 Å². The summed E-state index contributed by atoms with van der Waals surface area (Å²) in [5, 5.41) is 13.9. The molecule has 8 heteroatoms. The number of nitrogens with one attached hydrogen (secondary N) is 1. The molecular formula is C10H7Cl2N3O2S. The van der Waals surface area contributed by atoms with Crippen LogP contribution in [0.15, 0.2) is 24.4 Å². The fraction of sp³-hybridized carbons (Fsp3) is 0.100. The molecule has 2 rings (SSSR count). The van der Waals surface area contributed by atoms with Gasteiger partial charge in [0.15, 0.2) is 4.47 Å². The van der Waals surface area contributed by atoms with Crippen LogP contribution < -0.4 is 5.32 Å². The van der Waals surface area contributed by atoms with E-state index in [1.807, 2.05) is 0 Å². The van der Waals surface area contributed by atoms with Crippen LogP contribution in [0.1, 0.15) is 4.88 Å². The Labute approximate surface area is 117 Å². The molecule has 0 spiro atoms. The largest absolute Gasteiger partial charge is 0.379 e. The molecule has 1 aromatic carbocycles. The number of nitrogens with zero attached hydrogens (tertiary/aromatic N) is 2. The average molecular weight is 304 g/mol. The smallest absolute Gasteiger partial charge is 0.271 e. The highest BCUT2D eigenvalue weighted by molar-refractivity contribution is 7.15. The molecule has 1 heterocycles. The molecule has 5 nitrogen and oxygen atoms in total. The third-order valence-electron chi connectivity index (χ3n) is 2.14. The zero-order valence-corrected chi connectivity index (χ0v) is 11.2. The minimum absolute atomic E-state index is 0.0358. The van der Waals surface area contributed by atoms with Gasteiger partial charge in [0.1, 0.15) is 0 Å². The normalized spacial score (nSPS) is 10.3. The molecule has 2 aromatic rings. The highest BCUT2D eigenvalue weighted by Gasteiger charge is 2.09. The van der Waals surface area contributed by atoms with E-state index in [1.54, 1.807) is 12.3 Å². The maximum Gasteiger partial charge on any atom is 0.271 e. The van der Waals surface area contributed by atoms with Crippen LogP contribution in [0.4, 0.5) is 11.4 Å². The molecule has 0 fully saturated rings. The molecule has 0 radical (unpaired) electrons. The first-order chi connectivity index (χ1) is 8.56. The Bertz CT molecular complexity index is 588. The minimum atomic E-state index is -0.487. The molecule has 0 bridgehead atoms. The summed E-state index contributed by atoms with van der Waals surface area (Å²) in [5.74, 6) is 0. The first-order valence-corrected chi connectivity index (χ1v) is 6.41. The summed E-state index contributed by atoms with van der Waals surface area (Å²) in [6.07, 6.45) is 1.67. The predicted octanol–water partition coefficient (Wildman–Crippen LogP) is 3.97. The highest BCUT2D eigenvalue weighted by atomic mass is 35.5. The van der Waals surface area contributed by atoms with Crippen molar-refractivity contribution in [3.05, 3.63) is 48.9 Å². The number of benzene rings is 1. The van der Waals surface area contributed by atoms with Crippen molar-refractivity contribution in [2.24, 2.45) is 0 Å². The average Bonchev–Trinajstić information content (AvgIpc) is 2.73. The fourth-order valence-corrected chi connectivity index (χ4v) is 2.47. The fourth-order valence-electron chi connectivity index (χ4n) is 1.31. The second-order valence-electron chi connectivity index (χ2n) is 3.35. The van der Waals surface area contributed by atoms with Crippen molar-refractivity contribution >= 4 is 45.9 Å². The van der Waals surface area contributed by atoms with Crippen LogP contribution in [-0.2, 0) is 6.54 Å². The van der Waals surface area contributed by atoms with Crippen molar-refractivity contribution in [3.8, 4) is 0 Å². The van der Waals surface area contributed by atoms with Gasteiger partial charge in [0.25, 0.3) is 5.69 Å². The Morgan fingerprint density at radius 2 is 2.22 bits per heavy atom. The highest BCUT2D eigenvalue weighted by Crippen LogP contribution is 2.27. The monoisotopic (exact) mass is 303 g/mol. The van der Waals surface area contributed by atoms with Crippen LogP contribution in [0.25, 0.3) is 0 Å². The van der Waals surface area contributed by atoms with E-state index in [0.717, 1.165) is 4.88 Å². The molecule has 0 aliphatic heterocycles. The number of nitro groups is 1. The number of non-ortho nitro benzene ring substituents is 1. The van der Waals surface area contributed by atoms with Crippen LogP contribution in [0, 0.1) is 10.1 Å². The van der Waals surface area contributed by atoms with Gasteiger partial charge in [-0.1, -0.05) is 23.2 Å². The lowest BCUT2D eigenvalue weighted by Crippen LogP contribution is -1.98. The van der Waals surface area contributed by atoms with Gasteiger partial charge in [0.2, 0.25) is 0 Å². The Kier molecular flexibility index (Phi) is 4.00. The molecule has 94 valence electrons. The molecule has 0 atom stereocenters. The van der Waals surface area contributed by atoms with E-state index in [2.05, 4.69) is 10.3 Å². The summed E-state index contributed by atoms with van der Waals surface area (Å²) in [6.45, 7) is 0.516. The summed E-state index contributed by atoms with van der Waals surface area (Å²) < 4.78 is 0.474. The van der Waals surface area contributed by atoms with Gasteiger partial charge in [-0.25, -0.2) is 4.98 Å². The van der Waals surface area contributed by atoms with E-state index in [0.29, 0.717) is 21.7 Å². The molecule has 0 unspecified atom stereocenters. The number of nitro benzene ring substituents is 1. The summed E-state index contributed by atoms with van der Waals surface area (Å²) in [5.41, 5.74) is 0.596. The summed E-state index contributed by atoms with van der Waals surface area (Å²) >= 11 is 13.0. The third kappa shape index (κ3) is 3.10. The van der Waals surface area contributed by atoms with Gasteiger partial charge in [-0.15, -0.1) is 11.3 Å². The zero-order valence-electron chi connectivity index (χ0n) is 8.89. The second-order valence-corrected chi connectivity index (χ2v) is 5.46. The van der Waals surface area contributed by atoms with Gasteiger partial charge < -0.3 is 5.32 Å². The number of thiazole rings is 1. The van der Waals surface area contributed by atoms with E-state index in [4.69, 9.17) is 23.2 Å². The van der Waals surface area contributed by atoms with E-state index in [-0.39, 0.29) is 5.69 Å². The lowest BCUT2D eigenvalue weighted by atomic mass is 10.3. The van der Waals surface area contributed by atoms with Crippen LogP contribution in [0.2, 0.25) is 9.49 Å².